The van der Waals surface area contributed by atoms with Crippen molar-refractivity contribution in [1.29, 1.82) is 0 Å². The van der Waals surface area contributed by atoms with Crippen LogP contribution in [0.1, 0.15) is 21.7 Å². The van der Waals surface area contributed by atoms with Crippen molar-refractivity contribution < 1.29 is 19.1 Å². The average Bonchev–Trinajstić information content (AvgIpc) is 2.79. The number of ether oxygens (including phenoxy) is 2. The van der Waals surface area contributed by atoms with Crippen molar-refractivity contribution in [2.45, 2.75) is 13.8 Å². The van der Waals surface area contributed by atoms with Crippen LogP contribution in [0.2, 0.25) is 0 Å². The quantitative estimate of drug-likeness (QED) is 0.853. The first-order valence-corrected chi connectivity index (χ1v) is 6.73. The molecule has 1 heterocycles. The first-order chi connectivity index (χ1) is 10.4. The summed E-state index contributed by atoms with van der Waals surface area (Å²) in [6.07, 6.45) is 0. The number of esters is 1. The summed E-state index contributed by atoms with van der Waals surface area (Å²) in [5.41, 5.74) is 7.86. The third kappa shape index (κ3) is 3.11. The molecule has 22 heavy (non-hydrogen) atoms. The number of hydrogen-bond donors (Lipinski definition) is 1. The molecule has 1 aromatic heterocycles. The lowest BCUT2D eigenvalue weighted by atomic mass is 10.2. The highest BCUT2D eigenvalue weighted by molar-refractivity contribution is 5.92. The first-order valence-electron chi connectivity index (χ1n) is 6.73. The molecule has 0 saturated carbocycles. The Kier molecular flexibility index (Phi) is 4.50. The van der Waals surface area contributed by atoms with E-state index >= 15 is 0 Å². The van der Waals surface area contributed by atoms with E-state index in [0.717, 1.165) is 22.8 Å². The second-order valence-electron chi connectivity index (χ2n) is 4.86. The lowest BCUT2D eigenvalue weighted by molar-refractivity contribution is -0.121. The summed E-state index contributed by atoms with van der Waals surface area (Å²) in [4.78, 5) is 22.7. The van der Waals surface area contributed by atoms with Crippen LogP contribution in [0.15, 0.2) is 30.3 Å². The zero-order chi connectivity index (χ0) is 16.3. The number of aromatic nitrogens is 1. The van der Waals surface area contributed by atoms with Gasteiger partial charge in [0.2, 0.25) is 0 Å². The van der Waals surface area contributed by atoms with Crippen molar-refractivity contribution in [3.8, 4) is 11.4 Å². The highest BCUT2D eigenvalue weighted by Gasteiger charge is 2.18. The molecule has 1 aromatic carbocycles. The molecular weight excluding hydrogens is 284 g/mol. The summed E-state index contributed by atoms with van der Waals surface area (Å²) in [6.45, 7) is 3.27. The molecule has 116 valence electrons. The van der Waals surface area contributed by atoms with Crippen molar-refractivity contribution in [2.75, 3.05) is 13.7 Å². The Morgan fingerprint density at radius 3 is 2.59 bits per heavy atom. The summed E-state index contributed by atoms with van der Waals surface area (Å²) >= 11 is 0. The van der Waals surface area contributed by atoms with Gasteiger partial charge in [-0.05, 0) is 32.0 Å². The molecule has 0 aliphatic heterocycles. The van der Waals surface area contributed by atoms with E-state index in [1.165, 1.54) is 0 Å². The highest BCUT2D eigenvalue weighted by atomic mass is 16.5. The zero-order valence-corrected chi connectivity index (χ0v) is 12.8. The van der Waals surface area contributed by atoms with Crippen molar-refractivity contribution in [3.05, 3.63) is 47.3 Å². The summed E-state index contributed by atoms with van der Waals surface area (Å²) in [6, 6.07) is 9.23. The molecule has 0 spiro atoms. The maximum atomic E-state index is 12.0. The van der Waals surface area contributed by atoms with E-state index in [-0.39, 0.29) is 0 Å². The number of amides is 1. The lowest BCUT2D eigenvalue weighted by Crippen LogP contribution is -2.21. The smallest absolute Gasteiger partial charge is 0.340 e. The zero-order valence-electron chi connectivity index (χ0n) is 12.8. The molecule has 0 bridgehead atoms. The molecule has 0 fully saturated rings. The Morgan fingerprint density at radius 1 is 1.23 bits per heavy atom. The number of carbonyl (C=O) groups excluding carboxylic acids is 2. The predicted molar refractivity (Wildman–Crippen MR) is 81.3 cm³/mol. The van der Waals surface area contributed by atoms with Gasteiger partial charge in [0, 0.05) is 23.1 Å². The van der Waals surface area contributed by atoms with Gasteiger partial charge in [-0.3, -0.25) is 4.79 Å². The minimum Gasteiger partial charge on any atom is -0.497 e. The van der Waals surface area contributed by atoms with Gasteiger partial charge in [0.25, 0.3) is 5.91 Å². The third-order valence-corrected chi connectivity index (χ3v) is 3.31. The van der Waals surface area contributed by atoms with Crippen molar-refractivity contribution in [3.63, 3.8) is 0 Å². The summed E-state index contributed by atoms with van der Waals surface area (Å²) in [5.74, 6) is -0.529. The number of primary amides is 1. The van der Waals surface area contributed by atoms with E-state index in [1.807, 2.05) is 42.7 Å². The minimum atomic E-state index is -0.685. The van der Waals surface area contributed by atoms with Gasteiger partial charge in [-0.2, -0.15) is 0 Å². The number of nitrogens with zero attached hydrogens (tertiary/aromatic N) is 1. The van der Waals surface area contributed by atoms with E-state index in [4.69, 9.17) is 15.2 Å². The van der Waals surface area contributed by atoms with E-state index in [2.05, 4.69) is 0 Å². The Hall–Kier alpha value is -2.76. The van der Waals surface area contributed by atoms with Crippen LogP contribution in [0.4, 0.5) is 0 Å². The van der Waals surface area contributed by atoms with Crippen LogP contribution < -0.4 is 10.5 Å². The maximum absolute atomic E-state index is 12.0. The van der Waals surface area contributed by atoms with E-state index in [9.17, 15) is 9.59 Å². The molecule has 0 saturated heterocycles. The Morgan fingerprint density at radius 2 is 1.95 bits per heavy atom. The van der Waals surface area contributed by atoms with Gasteiger partial charge in [0.15, 0.2) is 6.61 Å². The van der Waals surface area contributed by atoms with Gasteiger partial charge < -0.3 is 19.8 Å². The molecule has 2 rings (SSSR count). The van der Waals surface area contributed by atoms with Crippen LogP contribution >= 0.6 is 0 Å². The number of methoxy groups -OCH3 is 1. The van der Waals surface area contributed by atoms with Crippen LogP contribution in [0.25, 0.3) is 5.69 Å². The SMILES string of the molecule is COc1cccc(-n2c(C)cc(C(=O)OCC(N)=O)c2C)c1. The normalized spacial score (nSPS) is 10.3. The Bertz CT molecular complexity index is 719. The lowest BCUT2D eigenvalue weighted by Gasteiger charge is -2.11. The minimum absolute atomic E-state index is 0.404. The Labute approximate surface area is 128 Å². The van der Waals surface area contributed by atoms with Gasteiger partial charge in [0.05, 0.1) is 12.7 Å². The monoisotopic (exact) mass is 302 g/mol. The predicted octanol–water partition coefficient (Wildman–Crippen LogP) is 1.74. The molecule has 0 unspecified atom stereocenters. The second-order valence-corrected chi connectivity index (χ2v) is 4.86. The molecule has 0 atom stereocenters. The van der Waals surface area contributed by atoms with E-state index in [1.54, 1.807) is 13.2 Å². The number of carbonyl (C=O) groups is 2. The molecule has 1 amide bonds. The Balaban J connectivity index is 2.38. The molecule has 2 N–H and O–H groups in total. The maximum Gasteiger partial charge on any atom is 0.340 e. The van der Waals surface area contributed by atoms with Crippen molar-refractivity contribution >= 4 is 11.9 Å². The van der Waals surface area contributed by atoms with Crippen molar-refractivity contribution in [2.24, 2.45) is 5.73 Å². The van der Waals surface area contributed by atoms with Gasteiger partial charge in [0.1, 0.15) is 5.75 Å². The summed E-state index contributed by atoms with van der Waals surface area (Å²) in [7, 11) is 1.60. The summed E-state index contributed by atoms with van der Waals surface area (Å²) in [5, 5.41) is 0. The number of aryl methyl sites for hydroxylation is 1. The topological polar surface area (TPSA) is 83.6 Å². The van der Waals surface area contributed by atoms with Crippen LogP contribution in [-0.2, 0) is 9.53 Å². The van der Waals surface area contributed by atoms with Gasteiger partial charge in [-0.25, -0.2) is 4.79 Å². The number of rotatable bonds is 5. The molecule has 0 aliphatic rings. The molecular formula is C16H18N2O4. The van der Waals surface area contributed by atoms with E-state index in [0.29, 0.717) is 5.56 Å². The van der Waals surface area contributed by atoms with Gasteiger partial charge >= 0.3 is 5.97 Å². The molecule has 6 nitrogen and oxygen atoms in total. The van der Waals surface area contributed by atoms with Crippen molar-refractivity contribution in [1.82, 2.24) is 4.57 Å². The third-order valence-electron chi connectivity index (χ3n) is 3.31. The second kappa shape index (κ2) is 6.34. The fourth-order valence-corrected chi connectivity index (χ4v) is 2.33. The number of nitrogens with two attached hydrogens (primary N) is 1. The number of hydrogen-bond acceptors (Lipinski definition) is 4. The standard InChI is InChI=1S/C16H18N2O4/c1-10-7-14(16(20)22-9-15(17)19)11(2)18(10)12-5-4-6-13(8-12)21-3/h4-8H,9H2,1-3H3,(H2,17,19). The van der Waals surface area contributed by atoms with Gasteiger partial charge in [-0.1, -0.05) is 6.07 Å². The number of benzene rings is 1. The highest BCUT2D eigenvalue weighted by Crippen LogP contribution is 2.24. The fourth-order valence-electron chi connectivity index (χ4n) is 2.33. The average molecular weight is 302 g/mol. The van der Waals surface area contributed by atoms with Crippen LogP contribution in [0.3, 0.4) is 0 Å². The molecule has 2 aromatic rings. The van der Waals surface area contributed by atoms with E-state index < -0.39 is 18.5 Å². The molecule has 0 radical (unpaired) electrons. The molecule has 0 aliphatic carbocycles. The largest absolute Gasteiger partial charge is 0.497 e. The van der Waals surface area contributed by atoms with Crippen LogP contribution in [0.5, 0.6) is 5.75 Å². The van der Waals surface area contributed by atoms with Gasteiger partial charge in [-0.15, -0.1) is 0 Å². The fraction of sp³-hybridized carbons (Fsp3) is 0.250. The van der Waals surface area contributed by atoms with Crippen LogP contribution in [-0.4, -0.2) is 30.2 Å². The first kappa shape index (κ1) is 15.6. The summed E-state index contributed by atoms with van der Waals surface area (Å²) < 4.78 is 12.0. The van der Waals surface area contributed by atoms with Crippen LogP contribution in [0, 0.1) is 13.8 Å². The molecule has 6 heteroatoms.